The van der Waals surface area contributed by atoms with E-state index < -0.39 is 11.4 Å². The summed E-state index contributed by atoms with van der Waals surface area (Å²) in [7, 11) is 1.35. The van der Waals surface area contributed by atoms with Gasteiger partial charge in [-0.05, 0) is 50.5 Å². The van der Waals surface area contributed by atoms with Gasteiger partial charge in [0.05, 0.1) is 23.3 Å². The second kappa shape index (κ2) is 8.63. The van der Waals surface area contributed by atoms with E-state index in [9.17, 15) is 9.50 Å². The third kappa shape index (κ3) is 4.93. The fourth-order valence-corrected chi connectivity index (χ4v) is 2.51. The lowest BCUT2D eigenvalue weighted by atomic mass is 10.0. The Bertz CT molecular complexity index is 928. The highest BCUT2D eigenvalue weighted by molar-refractivity contribution is 6.35. The second-order valence-corrected chi connectivity index (χ2v) is 7.03. The Morgan fingerprint density at radius 1 is 1.41 bits per heavy atom. The van der Waals surface area contributed by atoms with Gasteiger partial charge in [0.25, 0.3) is 5.88 Å². The Hall–Kier alpha value is -2.24. The van der Waals surface area contributed by atoms with Gasteiger partial charge in [-0.1, -0.05) is 36.7 Å². The number of methoxy groups -OCH3 is 1. The van der Waals surface area contributed by atoms with Crippen LogP contribution in [0.5, 0.6) is 5.88 Å². The van der Waals surface area contributed by atoms with Crippen molar-refractivity contribution in [3.8, 4) is 5.88 Å². The molecule has 4 nitrogen and oxygen atoms in total. The summed E-state index contributed by atoms with van der Waals surface area (Å²) >= 11 is 6.19. The van der Waals surface area contributed by atoms with Gasteiger partial charge in [-0.2, -0.15) is 4.39 Å². The van der Waals surface area contributed by atoms with Crippen molar-refractivity contribution in [1.82, 2.24) is 4.98 Å². The molecule has 0 aliphatic heterocycles. The van der Waals surface area contributed by atoms with Crippen molar-refractivity contribution in [2.75, 3.05) is 7.11 Å². The predicted molar refractivity (Wildman–Crippen MR) is 110 cm³/mol. The van der Waals surface area contributed by atoms with E-state index in [0.29, 0.717) is 16.6 Å². The first-order valence-electron chi connectivity index (χ1n) is 8.66. The van der Waals surface area contributed by atoms with Gasteiger partial charge < -0.3 is 9.84 Å². The van der Waals surface area contributed by atoms with E-state index in [0.717, 1.165) is 17.6 Å². The molecule has 0 fully saturated rings. The first-order valence-corrected chi connectivity index (χ1v) is 9.04. The number of pyridine rings is 1. The molecule has 1 N–H and O–H groups in total. The zero-order valence-corrected chi connectivity index (χ0v) is 16.9. The van der Waals surface area contributed by atoms with Crippen molar-refractivity contribution < 1.29 is 14.2 Å². The summed E-state index contributed by atoms with van der Waals surface area (Å²) in [6, 6.07) is 5.40. The number of benzene rings is 1. The summed E-state index contributed by atoms with van der Waals surface area (Å²) < 4.78 is 19.2. The minimum Gasteiger partial charge on any atom is -0.479 e. The van der Waals surface area contributed by atoms with Crippen LogP contribution in [0.4, 0.5) is 4.39 Å². The van der Waals surface area contributed by atoms with E-state index in [1.807, 2.05) is 25.1 Å². The molecule has 1 aromatic carbocycles. The topological polar surface area (TPSA) is 54.7 Å². The van der Waals surface area contributed by atoms with Crippen LogP contribution >= 0.6 is 11.6 Å². The van der Waals surface area contributed by atoms with Gasteiger partial charge in [0.2, 0.25) is 5.82 Å². The maximum absolute atomic E-state index is 14.3. The lowest BCUT2D eigenvalue weighted by Gasteiger charge is -2.16. The van der Waals surface area contributed by atoms with Crippen LogP contribution in [0, 0.1) is 5.82 Å². The largest absolute Gasteiger partial charge is 0.479 e. The molecule has 0 bridgehead atoms. The zero-order valence-electron chi connectivity index (χ0n) is 16.2. The summed E-state index contributed by atoms with van der Waals surface area (Å²) in [4.78, 5) is 8.53. The van der Waals surface area contributed by atoms with Crippen molar-refractivity contribution in [3.63, 3.8) is 0 Å². The van der Waals surface area contributed by atoms with Crippen molar-refractivity contribution in [3.05, 3.63) is 53.0 Å². The van der Waals surface area contributed by atoms with Gasteiger partial charge in [-0.25, -0.2) is 4.98 Å². The number of ether oxygens (including phenoxy) is 1. The first-order chi connectivity index (χ1) is 12.7. The highest BCUT2D eigenvalue weighted by atomic mass is 35.5. The molecule has 0 saturated carbocycles. The molecule has 1 aromatic heterocycles. The quantitative estimate of drug-likeness (QED) is 0.517. The van der Waals surface area contributed by atoms with Gasteiger partial charge >= 0.3 is 0 Å². The number of aliphatic hydroxyl groups is 1. The van der Waals surface area contributed by atoms with Crippen LogP contribution < -0.4 is 4.74 Å². The average Bonchev–Trinajstić information content (AvgIpc) is 2.63. The van der Waals surface area contributed by atoms with Gasteiger partial charge in [0.15, 0.2) is 0 Å². The SMILES string of the molecule is CC/C=C/C(=C\N=C(C)C(C)(C)O)c1ccc2nc(OC)c(F)c(Cl)c2c1. The van der Waals surface area contributed by atoms with E-state index in [2.05, 4.69) is 9.98 Å². The highest BCUT2D eigenvalue weighted by Crippen LogP contribution is 2.32. The average molecular weight is 391 g/mol. The molecule has 0 unspecified atom stereocenters. The van der Waals surface area contributed by atoms with Crippen molar-refractivity contribution >= 4 is 33.8 Å². The molecule has 0 atom stereocenters. The van der Waals surface area contributed by atoms with Crippen LogP contribution in [0.15, 0.2) is 41.5 Å². The molecule has 0 spiro atoms. The number of allylic oxidation sites excluding steroid dienone is 3. The Balaban J connectivity index is 2.61. The second-order valence-electron chi connectivity index (χ2n) is 6.65. The lowest BCUT2D eigenvalue weighted by Crippen LogP contribution is -2.28. The van der Waals surface area contributed by atoms with Crippen molar-refractivity contribution in [2.45, 2.75) is 39.7 Å². The fourth-order valence-electron chi connectivity index (χ4n) is 2.28. The molecule has 0 saturated heterocycles. The van der Waals surface area contributed by atoms with E-state index in [1.54, 1.807) is 39.1 Å². The molecular weight excluding hydrogens is 367 g/mol. The van der Waals surface area contributed by atoms with Crippen LogP contribution in [0.3, 0.4) is 0 Å². The van der Waals surface area contributed by atoms with Crippen LogP contribution in [0.2, 0.25) is 5.02 Å². The van der Waals surface area contributed by atoms with E-state index in [4.69, 9.17) is 16.3 Å². The van der Waals surface area contributed by atoms with E-state index in [1.165, 1.54) is 7.11 Å². The van der Waals surface area contributed by atoms with Crippen LogP contribution in [-0.4, -0.2) is 28.5 Å². The Kier molecular flexibility index (Phi) is 6.73. The molecular formula is C21H24ClFN2O2. The summed E-state index contributed by atoms with van der Waals surface area (Å²) in [6.45, 7) is 7.15. The van der Waals surface area contributed by atoms with Crippen molar-refractivity contribution in [2.24, 2.45) is 4.99 Å². The normalized spacial score (nSPS) is 13.6. The van der Waals surface area contributed by atoms with Crippen LogP contribution in [0.25, 0.3) is 16.5 Å². The molecule has 6 heteroatoms. The smallest absolute Gasteiger partial charge is 0.252 e. The van der Waals surface area contributed by atoms with E-state index in [-0.39, 0.29) is 10.9 Å². The Morgan fingerprint density at radius 2 is 2.11 bits per heavy atom. The molecule has 27 heavy (non-hydrogen) atoms. The van der Waals surface area contributed by atoms with Gasteiger partial charge in [-0.15, -0.1) is 0 Å². The molecule has 0 amide bonds. The molecule has 2 aromatic rings. The number of hydrogen-bond donors (Lipinski definition) is 1. The minimum atomic E-state index is -1.01. The summed E-state index contributed by atoms with van der Waals surface area (Å²) in [5.74, 6) is -0.818. The minimum absolute atomic E-state index is 0.0336. The number of hydrogen-bond acceptors (Lipinski definition) is 4. The number of halogens is 2. The number of nitrogens with zero attached hydrogens (tertiary/aromatic N) is 2. The lowest BCUT2D eigenvalue weighted by molar-refractivity contribution is 0.153. The molecule has 0 radical (unpaired) electrons. The number of aromatic nitrogens is 1. The summed E-state index contributed by atoms with van der Waals surface area (Å²) in [6.07, 6.45) is 6.47. The van der Waals surface area contributed by atoms with Crippen LogP contribution in [-0.2, 0) is 0 Å². The number of fused-ring (bicyclic) bond motifs is 1. The molecule has 144 valence electrons. The zero-order chi connectivity index (χ0) is 20.2. The number of aliphatic imine (C=N–C) groups is 1. The van der Waals surface area contributed by atoms with Gasteiger partial charge in [0.1, 0.15) is 0 Å². The maximum Gasteiger partial charge on any atom is 0.252 e. The summed E-state index contributed by atoms with van der Waals surface area (Å²) in [5, 5.41) is 10.5. The maximum atomic E-state index is 14.3. The molecule has 0 aliphatic rings. The van der Waals surface area contributed by atoms with E-state index >= 15 is 0 Å². The Morgan fingerprint density at radius 3 is 2.70 bits per heavy atom. The number of rotatable bonds is 6. The first kappa shape index (κ1) is 21.1. The van der Waals surface area contributed by atoms with Gasteiger partial charge in [0, 0.05) is 17.3 Å². The fraction of sp³-hybridized carbons (Fsp3) is 0.333. The third-order valence-corrected chi connectivity index (χ3v) is 4.55. The third-order valence-electron chi connectivity index (χ3n) is 4.18. The van der Waals surface area contributed by atoms with Gasteiger partial charge in [-0.3, -0.25) is 4.99 Å². The summed E-state index contributed by atoms with van der Waals surface area (Å²) in [5.41, 5.74) is 1.74. The molecule has 0 aliphatic carbocycles. The molecule has 1 heterocycles. The molecule has 2 rings (SSSR count). The predicted octanol–water partition coefficient (Wildman–Crippen LogP) is 5.57. The standard InChI is InChI=1S/C21H24ClFN2O2/c1-6-7-8-15(12-24-13(2)21(3,4)26)14-9-10-17-16(11-14)18(22)19(23)20(25-17)27-5/h7-12,26H,6H2,1-5H3/b8-7+,15-12+,24-13?. The Labute approximate surface area is 164 Å². The van der Waals surface area contributed by atoms with Crippen molar-refractivity contribution in [1.29, 1.82) is 0 Å². The van der Waals surface area contributed by atoms with Crippen LogP contribution in [0.1, 0.15) is 39.7 Å². The monoisotopic (exact) mass is 390 g/mol. The highest BCUT2D eigenvalue weighted by Gasteiger charge is 2.17.